The molecule has 30 heavy (non-hydrogen) atoms. The van der Waals surface area contributed by atoms with Crippen LogP contribution in [0.2, 0.25) is 0 Å². The van der Waals surface area contributed by atoms with Gasteiger partial charge < -0.3 is 15.4 Å². The lowest BCUT2D eigenvalue weighted by Gasteiger charge is -2.26. The van der Waals surface area contributed by atoms with Crippen molar-refractivity contribution in [2.24, 2.45) is 4.99 Å². The van der Waals surface area contributed by atoms with Crippen molar-refractivity contribution in [1.82, 2.24) is 14.9 Å². The Kier molecular flexibility index (Phi) is 13.5. The number of benzene rings is 1. The van der Waals surface area contributed by atoms with Crippen LogP contribution in [-0.2, 0) is 27.1 Å². The number of hydrogen-bond acceptors (Lipinski definition) is 4. The van der Waals surface area contributed by atoms with Crippen molar-refractivity contribution in [3.05, 3.63) is 35.4 Å². The van der Waals surface area contributed by atoms with E-state index in [1.165, 1.54) is 23.6 Å². The van der Waals surface area contributed by atoms with Gasteiger partial charge >= 0.3 is 0 Å². The number of rotatable bonds is 11. The summed E-state index contributed by atoms with van der Waals surface area (Å²) in [5.41, 5.74) is 1.74. The molecule has 1 heterocycles. The number of guanidine groups is 1. The minimum atomic E-state index is -3.36. The Balaban J connectivity index is 0.00000450. The van der Waals surface area contributed by atoms with Gasteiger partial charge in [-0.1, -0.05) is 50.5 Å². The Morgan fingerprint density at radius 2 is 1.77 bits per heavy atom. The highest BCUT2D eigenvalue weighted by Crippen LogP contribution is 2.17. The maximum absolute atomic E-state index is 12.8. The molecule has 1 aliphatic heterocycles. The van der Waals surface area contributed by atoms with Crippen LogP contribution in [-0.4, -0.2) is 58.1 Å². The molecule has 0 aromatic heterocycles. The average Bonchev–Trinajstić information content (AvgIpc) is 2.73. The Bertz CT molecular complexity index is 738. The molecule has 0 saturated carbocycles. The first-order valence-electron chi connectivity index (χ1n) is 10.7. The molecular weight excluding hydrogens is 515 g/mol. The summed E-state index contributed by atoms with van der Waals surface area (Å²) in [5.74, 6) is 0.773. The van der Waals surface area contributed by atoms with E-state index in [-0.39, 0.29) is 29.7 Å². The van der Waals surface area contributed by atoms with Gasteiger partial charge in [-0.2, -0.15) is 4.31 Å². The van der Waals surface area contributed by atoms with Crippen LogP contribution in [0.25, 0.3) is 0 Å². The van der Waals surface area contributed by atoms with Crippen LogP contribution >= 0.6 is 24.0 Å². The second kappa shape index (κ2) is 15.0. The molecule has 2 N–H and O–H groups in total. The standard InChI is InChI=1S/C21H36N4O3S.HI/c1-3-5-6-9-12-23-21(22-4-2)24-17-19-10-7-8-11-20(19)18-29(26,27)25-13-15-28-16-14-25;/h7-8,10-11H,3-6,9,12-18H2,1-2H3,(H2,22,23,24);1H. The van der Waals surface area contributed by atoms with Crippen LogP contribution in [0.4, 0.5) is 0 Å². The third-order valence-electron chi connectivity index (χ3n) is 4.89. The summed E-state index contributed by atoms with van der Waals surface area (Å²) < 4.78 is 32.4. The molecule has 0 atom stereocenters. The van der Waals surface area contributed by atoms with Gasteiger partial charge in [0.05, 0.1) is 25.5 Å². The molecule has 0 unspecified atom stereocenters. The highest BCUT2D eigenvalue weighted by Gasteiger charge is 2.25. The molecule has 1 aromatic carbocycles. The van der Waals surface area contributed by atoms with Crippen molar-refractivity contribution >= 4 is 40.0 Å². The van der Waals surface area contributed by atoms with Gasteiger partial charge in [0.2, 0.25) is 10.0 Å². The van der Waals surface area contributed by atoms with Crippen molar-refractivity contribution in [2.45, 2.75) is 51.8 Å². The van der Waals surface area contributed by atoms with Crippen LogP contribution in [0.5, 0.6) is 0 Å². The van der Waals surface area contributed by atoms with Crippen LogP contribution in [0.3, 0.4) is 0 Å². The molecule has 1 aromatic rings. The average molecular weight is 553 g/mol. The summed E-state index contributed by atoms with van der Waals surface area (Å²) in [7, 11) is -3.36. The predicted molar refractivity (Wildman–Crippen MR) is 134 cm³/mol. The molecule has 0 aliphatic carbocycles. The van der Waals surface area contributed by atoms with E-state index in [1.807, 2.05) is 31.2 Å². The molecule has 172 valence electrons. The van der Waals surface area contributed by atoms with Gasteiger partial charge in [-0.05, 0) is 24.5 Å². The number of nitrogens with zero attached hydrogens (tertiary/aromatic N) is 2. The molecule has 1 aliphatic rings. The zero-order valence-corrected chi connectivity index (χ0v) is 21.4. The summed E-state index contributed by atoms with van der Waals surface area (Å²) >= 11 is 0. The third-order valence-corrected chi connectivity index (χ3v) is 6.72. The van der Waals surface area contributed by atoms with E-state index < -0.39 is 10.0 Å². The lowest BCUT2D eigenvalue weighted by atomic mass is 10.1. The Morgan fingerprint density at radius 3 is 2.43 bits per heavy atom. The number of hydrogen-bond donors (Lipinski definition) is 2. The van der Waals surface area contributed by atoms with Crippen LogP contribution in [0.1, 0.15) is 50.7 Å². The van der Waals surface area contributed by atoms with Crippen molar-refractivity contribution in [3.63, 3.8) is 0 Å². The first-order chi connectivity index (χ1) is 14.1. The van der Waals surface area contributed by atoms with E-state index >= 15 is 0 Å². The van der Waals surface area contributed by atoms with E-state index in [9.17, 15) is 8.42 Å². The summed E-state index contributed by atoms with van der Waals surface area (Å²) in [6, 6.07) is 7.65. The lowest BCUT2D eigenvalue weighted by molar-refractivity contribution is 0.0729. The zero-order valence-electron chi connectivity index (χ0n) is 18.2. The molecule has 9 heteroatoms. The SMILES string of the molecule is CCCCCCNC(=NCc1ccccc1CS(=O)(=O)N1CCOCC1)NCC.I. The molecular formula is C21H37IN4O3S. The summed E-state index contributed by atoms with van der Waals surface area (Å²) in [4.78, 5) is 4.67. The van der Waals surface area contributed by atoms with Crippen LogP contribution < -0.4 is 10.6 Å². The van der Waals surface area contributed by atoms with E-state index in [2.05, 4.69) is 22.5 Å². The number of aliphatic imine (C=N–C) groups is 1. The van der Waals surface area contributed by atoms with Gasteiger partial charge in [-0.15, -0.1) is 24.0 Å². The van der Waals surface area contributed by atoms with Gasteiger partial charge in [0, 0.05) is 26.2 Å². The number of ether oxygens (including phenoxy) is 1. The Morgan fingerprint density at radius 1 is 1.07 bits per heavy atom. The van der Waals surface area contributed by atoms with Crippen LogP contribution in [0, 0.1) is 0 Å². The van der Waals surface area contributed by atoms with Gasteiger partial charge in [0.15, 0.2) is 5.96 Å². The normalized spacial score (nSPS) is 15.5. The number of morpholine rings is 1. The molecule has 0 bridgehead atoms. The smallest absolute Gasteiger partial charge is 0.218 e. The van der Waals surface area contributed by atoms with Gasteiger partial charge in [-0.25, -0.2) is 13.4 Å². The lowest BCUT2D eigenvalue weighted by Crippen LogP contribution is -2.41. The maximum atomic E-state index is 12.8. The minimum absolute atomic E-state index is 0. The van der Waals surface area contributed by atoms with Crippen molar-refractivity contribution in [3.8, 4) is 0 Å². The number of nitrogens with one attached hydrogen (secondary N) is 2. The molecule has 0 radical (unpaired) electrons. The predicted octanol–water partition coefficient (Wildman–Crippen LogP) is 3.10. The molecule has 0 amide bonds. The molecule has 2 rings (SSSR count). The topological polar surface area (TPSA) is 83.0 Å². The number of halogens is 1. The first kappa shape index (κ1) is 27.1. The molecule has 7 nitrogen and oxygen atoms in total. The summed E-state index contributed by atoms with van der Waals surface area (Å²) in [6.07, 6.45) is 4.80. The minimum Gasteiger partial charge on any atom is -0.379 e. The second-order valence-electron chi connectivity index (χ2n) is 7.22. The van der Waals surface area contributed by atoms with Crippen molar-refractivity contribution in [1.29, 1.82) is 0 Å². The Hall–Kier alpha value is -0.910. The van der Waals surface area contributed by atoms with Crippen LogP contribution in [0.15, 0.2) is 29.3 Å². The number of unbranched alkanes of at least 4 members (excludes halogenated alkanes) is 3. The van der Waals surface area contributed by atoms with Gasteiger partial charge in [-0.3, -0.25) is 0 Å². The highest BCUT2D eigenvalue weighted by molar-refractivity contribution is 14.0. The largest absolute Gasteiger partial charge is 0.379 e. The molecule has 0 spiro atoms. The van der Waals surface area contributed by atoms with Gasteiger partial charge in [0.1, 0.15) is 0 Å². The van der Waals surface area contributed by atoms with E-state index in [0.717, 1.165) is 36.6 Å². The van der Waals surface area contributed by atoms with Crippen molar-refractivity contribution < 1.29 is 13.2 Å². The monoisotopic (exact) mass is 552 g/mol. The fourth-order valence-electron chi connectivity index (χ4n) is 3.23. The van der Waals surface area contributed by atoms with E-state index in [4.69, 9.17) is 4.74 Å². The highest BCUT2D eigenvalue weighted by atomic mass is 127. The maximum Gasteiger partial charge on any atom is 0.218 e. The van der Waals surface area contributed by atoms with E-state index in [0.29, 0.717) is 32.8 Å². The van der Waals surface area contributed by atoms with Gasteiger partial charge in [0.25, 0.3) is 0 Å². The summed E-state index contributed by atoms with van der Waals surface area (Å²) in [6.45, 7) is 8.13. The van der Waals surface area contributed by atoms with E-state index in [1.54, 1.807) is 0 Å². The third kappa shape index (κ3) is 9.49. The fourth-order valence-corrected chi connectivity index (χ4v) is 4.79. The number of sulfonamides is 1. The summed E-state index contributed by atoms with van der Waals surface area (Å²) in [5, 5.41) is 6.63. The Labute approximate surface area is 199 Å². The first-order valence-corrected chi connectivity index (χ1v) is 12.3. The molecule has 1 saturated heterocycles. The zero-order chi connectivity index (χ0) is 21.0. The second-order valence-corrected chi connectivity index (χ2v) is 9.19. The molecule has 1 fully saturated rings. The fraction of sp³-hybridized carbons (Fsp3) is 0.667. The quantitative estimate of drug-likeness (QED) is 0.191. The van der Waals surface area contributed by atoms with Crippen molar-refractivity contribution in [2.75, 3.05) is 39.4 Å².